The minimum atomic E-state index is 0.645. The Morgan fingerprint density at radius 3 is 2.65 bits per heavy atom. The van der Waals surface area contributed by atoms with Gasteiger partial charge in [-0.2, -0.15) is 0 Å². The van der Waals surface area contributed by atoms with Crippen molar-refractivity contribution in [2.75, 3.05) is 26.8 Å². The third-order valence-electron chi connectivity index (χ3n) is 5.28. The highest BCUT2D eigenvalue weighted by Crippen LogP contribution is 2.32. The molecule has 1 heterocycles. The Balaban J connectivity index is 1.96. The lowest BCUT2D eigenvalue weighted by atomic mass is 9.79. The van der Waals surface area contributed by atoms with Crippen LogP contribution >= 0.6 is 0 Å². The fourth-order valence-corrected chi connectivity index (χ4v) is 4.03. The lowest BCUT2D eigenvalue weighted by molar-refractivity contribution is 0.0720. The van der Waals surface area contributed by atoms with Gasteiger partial charge in [-0.25, -0.2) is 0 Å². The molecule has 0 aromatic rings. The van der Waals surface area contributed by atoms with Crippen LogP contribution in [0.5, 0.6) is 0 Å². The van der Waals surface area contributed by atoms with E-state index in [0.29, 0.717) is 18.1 Å². The molecular formula is C17H34N2O. The van der Waals surface area contributed by atoms with Crippen molar-refractivity contribution in [2.45, 2.75) is 76.9 Å². The van der Waals surface area contributed by atoms with Crippen LogP contribution < -0.4 is 5.32 Å². The standard InChI is InChI=1S/C17H34N2O/c1-4-6-14-7-8-16(18-10-5-2)17(12-14)19(3)15-9-11-20-13-15/h14-18H,4-13H2,1-3H3. The zero-order chi connectivity index (χ0) is 14.4. The lowest BCUT2D eigenvalue weighted by Gasteiger charge is -2.43. The monoisotopic (exact) mass is 282 g/mol. The third kappa shape index (κ3) is 4.19. The molecule has 1 saturated heterocycles. The number of hydrogen-bond donors (Lipinski definition) is 1. The normalized spacial score (nSPS) is 34.8. The average Bonchev–Trinajstić information content (AvgIpc) is 2.99. The molecule has 20 heavy (non-hydrogen) atoms. The van der Waals surface area contributed by atoms with Crippen LogP contribution in [-0.2, 0) is 4.74 Å². The molecule has 1 aliphatic heterocycles. The predicted octanol–water partition coefficient (Wildman–Crippen LogP) is 3.04. The van der Waals surface area contributed by atoms with Crippen LogP contribution in [-0.4, -0.2) is 49.8 Å². The van der Waals surface area contributed by atoms with Crippen molar-refractivity contribution >= 4 is 0 Å². The van der Waals surface area contributed by atoms with Crippen molar-refractivity contribution in [2.24, 2.45) is 5.92 Å². The minimum absolute atomic E-state index is 0.645. The maximum Gasteiger partial charge on any atom is 0.0622 e. The summed E-state index contributed by atoms with van der Waals surface area (Å²) >= 11 is 0. The van der Waals surface area contributed by atoms with E-state index in [-0.39, 0.29) is 0 Å². The van der Waals surface area contributed by atoms with Crippen LogP contribution in [0.3, 0.4) is 0 Å². The number of nitrogens with one attached hydrogen (secondary N) is 1. The zero-order valence-corrected chi connectivity index (χ0v) is 13.7. The van der Waals surface area contributed by atoms with Gasteiger partial charge in [0.2, 0.25) is 0 Å². The van der Waals surface area contributed by atoms with Gasteiger partial charge in [-0.1, -0.05) is 26.7 Å². The molecule has 4 unspecified atom stereocenters. The van der Waals surface area contributed by atoms with Gasteiger partial charge < -0.3 is 10.1 Å². The quantitative estimate of drug-likeness (QED) is 0.777. The first-order chi connectivity index (χ1) is 9.76. The summed E-state index contributed by atoms with van der Waals surface area (Å²) in [5.41, 5.74) is 0. The second kappa shape index (κ2) is 8.35. The van der Waals surface area contributed by atoms with E-state index < -0.39 is 0 Å². The fraction of sp³-hybridized carbons (Fsp3) is 1.00. The highest BCUT2D eigenvalue weighted by atomic mass is 16.5. The van der Waals surface area contributed by atoms with Gasteiger partial charge in [0.15, 0.2) is 0 Å². The van der Waals surface area contributed by atoms with E-state index in [0.717, 1.165) is 25.7 Å². The SMILES string of the molecule is CCCNC1CCC(CCC)CC1N(C)C1CCOC1. The molecule has 4 atom stereocenters. The first-order valence-electron chi connectivity index (χ1n) is 8.79. The zero-order valence-electron chi connectivity index (χ0n) is 13.7. The van der Waals surface area contributed by atoms with Crippen molar-refractivity contribution in [3.63, 3.8) is 0 Å². The predicted molar refractivity (Wildman–Crippen MR) is 85.1 cm³/mol. The summed E-state index contributed by atoms with van der Waals surface area (Å²) in [5, 5.41) is 3.81. The minimum Gasteiger partial charge on any atom is -0.380 e. The summed E-state index contributed by atoms with van der Waals surface area (Å²) < 4.78 is 5.60. The van der Waals surface area contributed by atoms with Crippen LogP contribution in [0.25, 0.3) is 0 Å². The molecule has 118 valence electrons. The van der Waals surface area contributed by atoms with Gasteiger partial charge in [-0.05, 0) is 51.6 Å². The van der Waals surface area contributed by atoms with Crippen molar-refractivity contribution in [3.05, 3.63) is 0 Å². The summed E-state index contributed by atoms with van der Waals surface area (Å²) in [4.78, 5) is 2.64. The van der Waals surface area contributed by atoms with Crippen LogP contribution in [0.1, 0.15) is 58.8 Å². The molecule has 0 radical (unpaired) electrons. The van der Waals surface area contributed by atoms with E-state index in [4.69, 9.17) is 4.74 Å². The number of rotatable bonds is 7. The van der Waals surface area contributed by atoms with Crippen molar-refractivity contribution in [1.82, 2.24) is 10.2 Å². The molecule has 0 amide bonds. The van der Waals surface area contributed by atoms with Gasteiger partial charge >= 0.3 is 0 Å². The number of likely N-dealkylation sites (N-methyl/N-ethyl adjacent to an activating group) is 1. The number of nitrogens with zero attached hydrogens (tertiary/aromatic N) is 1. The van der Waals surface area contributed by atoms with E-state index in [9.17, 15) is 0 Å². The largest absolute Gasteiger partial charge is 0.380 e. The Labute approximate surface area is 125 Å². The molecule has 0 aromatic carbocycles. The number of ether oxygens (including phenoxy) is 1. The summed E-state index contributed by atoms with van der Waals surface area (Å²) in [6.07, 6.45) is 9.34. The second-order valence-corrected chi connectivity index (χ2v) is 6.78. The molecule has 1 aliphatic carbocycles. The fourth-order valence-electron chi connectivity index (χ4n) is 4.03. The molecule has 2 rings (SSSR count). The van der Waals surface area contributed by atoms with Gasteiger partial charge in [0.25, 0.3) is 0 Å². The van der Waals surface area contributed by atoms with Gasteiger partial charge in [0.05, 0.1) is 6.61 Å². The summed E-state index contributed by atoms with van der Waals surface area (Å²) in [6, 6.07) is 2.04. The van der Waals surface area contributed by atoms with Crippen LogP contribution in [0.15, 0.2) is 0 Å². The van der Waals surface area contributed by atoms with Crippen LogP contribution in [0, 0.1) is 5.92 Å². The van der Waals surface area contributed by atoms with Gasteiger partial charge in [-0.15, -0.1) is 0 Å². The maximum atomic E-state index is 5.60. The summed E-state index contributed by atoms with van der Waals surface area (Å²) in [6.45, 7) is 7.64. The van der Waals surface area contributed by atoms with E-state index in [1.54, 1.807) is 0 Å². The molecule has 3 heteroatoms. The molecule has 2 aliphatic rings. The molecule has 0 spiro atoms. The van der Waals surface area contributed by atoms with Crippen molar-refractivity contribution in [3.8, 4) is 0 Å². The first-order valence-corrected chi connectivity index (χ1v) is 8.79. The topological polar surface area (TPSA) is 24.5 Å². The van der Waals surface area contributed by atoms with Crippen molar-refractivity contribution in [1.29, 1.82) is 0 Å². The van der Waals surface area contributed by atoms with E-state index in [1.165, 1.54) is 44.9 Å². The Kier molecular flexibility index (Phi) is 6.79. The first kappa shape index (κ1) is 16.3. The lowest BCUT2D eigenvalue weighted by Crippen LogP contribution is -2.55. The van der Waals surface area contributed by atoms with Gasteiger partial charge in [-0.3, -0.25) is 4.90 Å². The molecule has 2 fully saturated rings. The van der Waals surface area contributed by atoms with E-state index >= 15 is 0 Å². The molecular weight excluding hydrogens is 248 g/mol. The molecule has 1 N–H and O–H groups in total. The van der Waals surface area contributed by atoms with Crippen molar-refractivity contribution < 1.29 is 4.74 Å². The summed E-state index contributed by atoms with van der Waals surface area (Å²) in [5.74, 6) is 0.939. The molecule has 0 bridgehead atoms. The highest BCUT2D eigenvalue weighted by Gasteiger charge is 2.35. The van der Waals surface area contributed by atoms with Crippen LogP contribution in [0.4, 0.5) is 0 Å². The number of hydrogen-bond acceptors (Lipinski definition) is 3. The smallest absolute Gasteiger partial charge is 0.0622 e. The average molecular weight is 282 g/mol. The molecule has 1 saturated carbocycles. The summed E-state index contributed by atoms with van der Waals surface area (Å²) in [7, 11) is 2.33. The molecule has 0 aromatic heterocycles. The maximum absolute atomic E-state index is 5.60. The Morgan fingerprint density at radius 2 is 2.00 bits per heavy atom. The van der Waals surface area contributed by atoms with Gasteiger partial charge in [0.1, 0.15) is 0 Å². The van der Waals surface area contributed by atoms with Gasteiger partial charge in [0, 0.05) is 24.7 Å². The van der Waals surface area contributed by atoms with E-state index in [2.05, 4.69) is 31.1 Å². The molecule has 3 nitrogen and oxygen atoms in total. The Morgan fingerprint density at radius 1 is 1.15 bits per heavy atom. The second-order valence-electron chi connectivity index (χ2n) is 6.78. The van der Waals surface area contributed by atoms with Crippen LogP contribution in [0.2, 0.25) is 0 Å². The highest BCUT2D eigenvalue weighted by molar-refractivity contribution is 4.93. The van der Waals surface area contributed by atoms with E-state index in [1.807, 2.05) is 0 Å². The Hall–Kier alpha value is -0.120. The third-order valence-corrected chi connectivity index (χ3v) is 5.28. The Bertz CT molecular complexity index is 266.